The van der Waals surface area contributed by atoms with Crippen LogP contribution in [0.1, 0.15) is 13.3 Å². The molecule has 94 valence electrons. The Hall–Kier alpha value is -2.42. The van der Waals surface area contributed by atoms with Gasteiger partial charge in [0.25, 0.3) is 0 Å². The van der Waals surface area contributed by atoms with E-state index in [4.69, 9.17) is 15.4 Å². The molecule has 0 saturated heterocycles. The van der Waals surface area contributed by atoms with Gasteiger partial charge in [-0.1, -0.05) is 0 Å². The lowest BCUT2D eigenvalue weighted by Crippen LogP contribution is -2.29. The van der Waals surface area contributed by atoms with Crippen molar-refractivity contribution in [3.8, 4) is 6.07 Å². The second-order valence-corrected chi connectivity index (χ2v) is 4.24. The van der Waals surface area contributed by atoms with Crippen LogP contribution in [0.2, 0.25) is 0 Å². The number of nitrogens with one attached hydrogen (secondary N) is 1. The zero-order chi connectivity index (χ0) is 13.3. The van der Waals surface area contributed by atoms with E-state index >= 15 is 0 Å². The maximum absolute atomic E-state index is 11.1. The first-order chi connectivity index (χ1) is 8.52. The average Bonchev–Trinajstić information content (AvgIpc) is 2.66. The van der Waals surface area contributed by atoms with E-state index in [1.165, 1.54) is 0 Å². The lowest BCUT2D eigenvalue weighted by molar-refractivity contribution is 0.555. The number of fused-ring (bicyclic) bond motifs is 1. The van der Waals surface area contributed by atoms with Crippen LogP contribution >= 0.6 is 0 Å². The van der Waals surface area contributed by atoms with Gasteiger partial charge >= 0.3 is 5.76 Å². The molecule has 0 amide bonds. The number of rotatable bonds is 3. The number of hydrogen-bond donors (Lipinski definition) is 2. The van der Waals surface area contributed by atoms with Crippen molar-refractivity contribution in [2.45, 2.75) is 19.4 Å². The molecule has 1 atom stereocenters. The van der Waals surface area contributed by atoms with E-state index in [1.54, 1.807) is 12.1 Å². The third-order valence-corrected chi connectivity index (χ3v) is 3.00. The molecule has 0 bridgehead atoms. The lowest BCUT2D eigenvalue weighted by Gasteiger charge is -2.26. The monoisotopic (exact) mass is 246 g/mol. The van der Waals surface area contributed by atoms with Crippen LogP contribution in [0.5, 0.6) is 0 Å². The number of H-pyrrole nitrogens is 1. The summed E-state index contributed by atoms with van der Waals surface area (Å²) < 4.78 is 4.93. The Morgan fingerprint density at radius 1 is 1.61 bits per heavy atom. The maximum atomic E-state index is 11.1. The molecular weight excluding hydrogens is 232 g/mol. The Balaban J connectivity index is 2.47. The fourth-order valence-electron chi connectivity index (χ4n) is 1.81. The van der Waals surface area contributed by atoms with E-state index < -0.39 is 5.76 Å². The summed E-state index contributed by atoms with van der Waals surface area (Å²) in [5.41, 5.74) is 8.24. The normalized spacial score (nSPS) is 12.3. The molecule has 0 aliphatic carbocycles. The summed E-state index contributed by atoms with van der Waals surface area (Å²) >= 11 is 0. The van der Waals surface area contributed by atoms with Crippen molar-refractivity contribution in [1.82, 2.24) is 4.98 Å². The standard InChI is InChI=1S/C12H14N4O2/c1-7(3-4-13)16(2)10-6-9-11(5-8(10)14)18-12(17)15-9/h5-7H,3,14H2,1-2H3,(H,15,17). The van der Waals surface area contributed by atoms with Crippen LogP contribution in [0.15, 0.2) is 21.3 Å². The predicted molar refractivity (Wildman–Crippen MR) is 69.3 cm³/mol. The van der Waals surface area contributed by atoms with Gasteiger partial charge < -0.3 is 15.1 Å². The Labute approximate surface area is 104 Å². The highest BCUT2D eigenvalue weighted by atomic mass is 16.4. The molecule has 1 unspecified atom stereocenters. The first kappa shape index (κ1) is 12.0. The van der Waals surface area contributed by atoms with Crippen molar-refractivity contribution < 1.29 is 4.42 Å². The molecule has 1 aromatic heterocycles. The van der Waals surface area contributed by atoms with Crippen molar-refractivity contribution in [1.29, 1.82) is 5.26 Å². The number of aromatic amines is 1. The summed E-state index contributed by atoms with van der Waals surface area (Å²) in [7, 11) is 1.86. The molecule has 0 aliphatic rings. The molecule has 2 aromatic rings. The molecule has 0 aliphatic heterocycles. The number of nitriles is 1. The van der Waals surface area contributed by atoms with Crippen molar-refractivity contribution in [3.05, 3.63) is 22.7 Å². The first-order valence-corrected chi connectivity index (χ1v) is 5.55. The van der Waals surface area contributed by atoms with Gasteiger partial charge in [0.05, 0.1) is 29.4 Å². The molecule has 0 spiro atoms. The van der Waals surface area contributed by atoms with E-state index in [1.807, 2.05) is 18.9 Å². The number of nitrogen functional groups attached to an aromatic ring is 1. The van der Waals surface area contributed by atoms with E-state index in [0.717, 1.165) is 5.69 Å². The summed E-state index contributed by atoms with van der Waals surface area (Å²) in [6.45, 7) is 1.94. The number of nitrogens with two attached hydrogens (primary N) is 1. The van der Waals surface area contributed by atoms with Crippen LogP contribution in [-0.2, 0) is 0 Å². The number of aromatic nitrogens is 1. The van der Waals surface area contributed by atoms with Crippen LogP contribution in [-0.4, -0.2) is 18.1 Å². The quantitative estimate of drug-likeness (QED) is 0.798. The Morgan fingerprint density at radius 3 is 3.00 bits per heavy atom. The van der Waals surface area contributed by atoms with E-state index in [9.17, 15) is 4.79 Å². The van der Waals surface area contributed by atoms with Gasteiger partial charge in [-0.25, -0.2) is 4.79 Å². The van der Waals surface area contributed by atoms with Gasteiger partial charge in [0, 0.05) is 19.2 Å². The summed E-state index contributed by atoms with van der Waals surface area (Å²) in [5, 5.41) is 8.71. The number of oxazole rings is 1. The second kappa shape index (κ2) is 4.45. The predicted octanol–water partition coefficient (Wildman–Crippen LogP) is 1.44. The molecule has 2 rings (SSSR count). The number of hydrogen-bond acceptors (Lipinski definition) is 5. The van der Waals surface area contributed by atoms with E-state index in [-0.39, 0.29) is 6.04 Å². The summed E-state index contributed by atoms with van der Waals surface area (Å²) in [6, 6.07) is 5.52. The third kappa shape index (κ3) is 2.02. The number of nitrogens with zero attached hydrogens (tertiary/aromatic N) is 2. The summed E-state index contributed by atoms with van der Waals surface area (Å²) in [4.78, 5) is 15.6. The first-order valence-electron chi connectivity index (χ1n) is 5.55. The van der Waals surface area contributed by atoms with E-state index in [2.05, 4.69) is 11.1 Å². The smallest absolute Gasteiger partial charge is 0.408 e. The second-order valence-electron chi connectivity index (χ2n) is 4.24. The van der Waals surface area contributed by atoms with Crippen molar-refractivity contribution >= 4 is 22.5 Å². The fourth-order valence-corrected chi connectivity index (χ4v) is 1.81. The Kier molecular flexibility index (Phi) is 2.98. The minimum absolute atomic E-state index is 0.0355. The SMILES string of the molecule is CC(CC#N)N(C)c1cc2[nH]c(=O)oc2cc1N. The summed E-state index contributed by atoms with van der Waals surface area (Å²) in [5.74, 6) is -0.505. The van der Waals surface area contributed by atoms with Gasteiger partial charge in [-0.15, -0.1) is 0 Å². The molecule has 6 heteroatoms. The fraction of sp³-hybridized carbons (Fsp3) is 0.333. The highest BCUT2D eigenvalue weighted by molar-refractivity contribution is 5.85. The molecular formula is C12H14N4O2. The molecule has 18 heavy (non-hydrogen) atoms. The van der Waals surface area contributed by atoms with Gasteiger partial charge in [-0.2, -0.15) is 5.26 Å². The Bertz CT molecular complexity index is 665. The molecule has 0 radical (unpaired) electrons. The van der Waals surface area contributed by atoms with Crippen molar-refractivity contribution in [2.24, 2.45) is 0 Å². The number of anilines is 2. The lowest BCUT2D eigenvalue weighted by atomic mass is 10.1. The van der Waals surface area contributed by atoms with Crippen LogP contribution in [0.4, 0.5) is 11.4 Å². The van der Waals surface area contributed by atoms with Gasteiger partial charge in [0.15, 0.2) is 5.58 Å². The zero-order valence-corrected chi connectivity index (χ0v) is 10.2. The van der Waals surface area contributed by atoms with Gasteiger partial charge in [0.2, 0.25) is 0 Å². The largest absolute Gasteiger partial charge is 0.417 e. The Morgan fingerprint density at radius 2 is 2.33 bits per heavy atom. The average molecular weight is 246 g/mol. The third-order valence-electron chi connectivity index (χ3n) is 3.00. The molecule has 1 heterocycles. The van der Waals surface area contributed by atoms with Gasteiger partial charge in [0.1, 0.15) is 0 Å². The van der Waals surface area contributed by atoms with Crippen LogP contribution < -0.4 is 16.4 Å². The van der Waals surface area contributed by atoms with Gasteiger partial charge in [-0.3, -0.25) is 4.98 Å². The van der Waals surface area contributed by atoms with Crippen LogP contribution in [0.3, 0.4) is 0 Å². The molecule has 3 N–H and O–H groups in total. The molecule has 6 nitrogen and oxygen atoms in total. The molecule has 0 fully saturated rings. The summed E-state index contributed by atoms with van der Waals surface area (Å²) in [6.07, 6.45) is 0.399. The van der Waals surface area contributed by atoms with Crippen molar-refractivity contribution in [3.63, 3.8) is 0 Å². The number of benzene rings is 1. The molecule has 0 saturated carbocycles. The topological polar surface area (TPSA) is 99.0 Å². The zero-order valence-electron chi connectivity index (χ0n) is 10.2. The van der Waals surface area contributed by atoms with Crippen LogP contribution in [0.25, 0.3) is 11.1 Å². The van der Waals surface area contributed by atoms with E-state index in [0.29, 0.717) is 23.2 Å². The minimum Gasteiger partial charge on any atom is -0.408 e. The van der Waals surface area contributed by atoms with Crippen molar-refractivity contribution in [2.75, 3.05) is 17.7 Å². The maximum Gasteiger partial charge on any atom is 0.417 e. The highest BCUT2D eigenvalue weighted by Gasteiger charge is 2.14. The molecule has 1 aromatic carbocycles. The highest BCUT2D eigenvalue weighted by Crippen LogP contribution is 2.28. The van der Waals surface area contributed by atoms with Gasteiger partial charge in [-0.05, 0) is 13.0 Å². The minimum atomic E-state index is -0.505. The van der Waals surface area contributed by atoms with Crippen LogP contribution in [0, 0.1) is 11.3 Å².